The molecule has 0 atom stereocenters. The van der Waals surface area contributed by atoms with Crippen LogP contribution in [0.1, 0.15) is 21.9 Å². The maximum absolute atomic E-state index is 11.6. The van der Waals surface area contributed by atoms with Gasteiger partial charge in [0.05, 0.1) is 23.3 Å². The first kappa shape index (κ1) is 9.38. The zero-order valence-electron chi connectivity index (χ0n) is 8.33. The summed E-state index contributed by atoms with van der Waals surface area (Å²) in [6.07, 6.45) is 1.36. The van der Waals surface area contributed by atoms with Crippen molar-refractivity contribution in [1.82, 2.24) is 25.6 Å². The van der Waals surface area contributed by atoms with E-state index in [0.717, 1.165) is 11.4 Å². The summed E-state index contributed by atoms with van der Waals surface area (Å²) in [5.74, 6) is -0.309. The van der Waals surface area contributed by atoms with Crippen molar-refractivity contribution in [2.24, 2.45) is 0 Å². The molecule has 0 saturated heterocycles. The van der Waals surface area contributed by atoms with Crippen LogP contribution in [-0.2, 0) is 0 Å². The topological polar surface area (TPSA) is 99.4 Å². The number of anilines is 1. The molecule has 7 heteroatoms. The minimum atomic E-state index is -0.309. The SMILES string of the molecule is Cc1n[nH]c(C)c1NC(=O)c1cn[nH]n1. The number of aryl methyl sites for hydroxylation is 2. The molecule has 2 heterocycles. The van der Waals surface area contributed by atoms with E-state index in [1.54, 1.807) is 0 Å². The third kappa shape index (κ3) is 1.71. The van der Waals surface area contributed by atoms with Gasteiger partial charge in [-0.3, -0.25) is 9.89 Å². The second-order valence-corrected chi connectivity index (χ2v) is 3.12. The summed E-state index contributed by atoms with van der Waals surface area (Å²) in [5.41, 5.74) is 2.48. The van der Waals surface area contributed by atoms with Crippen LogP contribution in [0.5, 0.6) is 0 Å². The Labute approximate surface area is 85.3 Å². The average Bonchev–Trinajstić information content (AvgIpc) is 2.82. The predicted molar refractivity (Wildman–Crippen MR) is 52.4 cm³/mol. The fourth-order valence-electron chi connectivity index (χ4n) is 1.22. The lowest BCUT2D eigenvalue weighted by atomic mass is 10.3. The van der Waals surface area contributed by atoms with Crippen LogP contribution in [0, 0.1) is 13.8 Å². The molecule has 0 radical (unpaired) electrons. The van der Waals surface area contributed by atoms with Crippen LogP contribution in [0.3, 0.4) is 0 Å². The van der Waals surface area contributed by atoms with E-state index in [0.29, 0.717) is 5.69 Å². The maximum atomic E-state index is 11.6. The number of H-pyrrole nitrogens is 2. The van der Waals surface area contributed by atoms with Gasteiger partial charge in [-0.1, -0.05) is 0 Å². The lowest BCUT2D eigenvalue weighted by Crippen LogP contribution is -2.13. The summed E-state index contributed by atoms with van der Waals surface area (Å²) < 4.78 is 0. The van der Waals surface area contributed by atoms with Gasteiger partial charge in [0.25, 0.3) is 5.91 Å². The van der Waals surface area contributed by atoms with E-state index in [-0.39, 0.29) is 11.6 Å². The third-order valence-electron chi connectivity index (χ3n) is 2.01. The fraction of sp³-hybridized carbons (Fsp3) is 0.250. The summed E-state index contributed by atoms with van der Waals surface area (Å²) in [7, 11) is 0. The molecular weight excluding hydrogens is 196 g/mol. The van der Waals surface area contributed by atoms with Crippen molar-refractivity contribution in [2.75, 3.05) is 5.32 Å². The van der Waals surface area contributed by atoms with Gasteiger partial charge in [-0.15, -0.1) is 0 Å². The van der Waals surface area contributed by atoms with Crippen LogP contribution in [0.15, 0.2) is 6.20 Å². The Morgan fingerprint density at radius 1 is 1.40 bits per heavy atom. The predicted octanol–water partition coefficient (Wildman–Crippen LogP) is 0.397. The van der Waals surface area contributed by atoms with Crippen LogP contribution < -0.4 is 5.32 Å². The Morgan fingerprint density at radius 2 is 2.20 bits per heavy atom. The van der Waals surface area contributed by atoms with Crippen molar-refractivity contribution >= 4 is 11.6 Å². The Bertz CT molecular complexity index is 452. The van der Waals surface area contributed by atoms with E-state index >= 15 is 0 Å². The minimum absolute atomic E-state index is 0.245. The van der Waals surface area contributed by atoms with E-state index in [9.17, 15) is 4.79 Å². The number of nitrogens with one attached hydrogen (secondary N) is 3. The average molecular weight is 206 g/mol. The highest BCUT2D eigenvalue weighted by atomic mass is 16.2. The number of hydrogen-bond acceptors (Lipinski definition) is 4. The smallest absolute Gasteiger partial charge is 0.277 e. The van der Waals surface area contributed by atoms with Crippen LogP contribution in [-0.4, -0.2) is 31.5 Å². The van der Waals surface area contributed by atoms with Crippen molar-refractivity contribution in [3.63, 3.8) is 0 Å². The molecule has 0 aliphatic rings. The molecule has 78 valence electrons. The van der Waals surface area contributed by atoms with Crippen LogP contribution in [0.25, 0.3) is 0 Å². The van der Waals surface area contributed by atoms with Crippen molar-refractivity contribution in [3.05, 3.63) is 23.3 Å². The van der Waals surface area contributed by atoms with Gasteiger partial charge in [0.2, 0.25) is 0 Å². The molecule has 0 aromatic carbocycles. The van der Waals surface area contributed by atoms with Gasteiger partial charge in [0.15, 0.2) is 5.69 Å². The number of aromatic amines is 2. The van der Waals surface area contributed by atoms with Crippen molar-refractivity contribution in [2.45, 2.75) is 13.8 Å². The highest BCUT2D eigenvalue weighted by Crippen LogP contribution is 2.16. The first-order valence-corrected chi connectivity index (χ1v) is 4.37. The molecule has 0 bridgehead atoms. The lowest BCUT2D eigenvalue weighted by molar-refractivity contribution is 0.102. The second kappa shape index (κ2) is 3.52. The Morgan fingerprint density at radius 3 is 2.73 bits per heavy atom. The molecule has 0 unspecified atom stereocenters. The number of rotatable bonds is 2. The van der Waals surface area contributed by atoms with Crippen LogP contribution in [0.4, 0.5) is 5.69 Å². The van der Waals surface area contributed by atoms with Crippen molar-refractivity contribution < 1.29 is 4.79 Å². The molecular formula is C8H10N6O. The number of hydrogen-bond donors (Lipinski definition) is 3. The molecule has 0 saturated carbocycles. The minimum Gasteiger partial charge on any atom is -0.317 e. The van der Waals surface area contributed by atoms with Gasteiger partial charge < -0.3 is 5.32 Å². The zero-order chi connectivity index (χ0) is 10.8. The highest BCUT2D eigenvalue weighted by Gasteiger charge is 2.13. The first-order chi connectivity index (χ1) is 7.18. The molecule has 2 aromatic heterocycles. The van der Waals surface area contributed by atoms with Crippen molar-refractivity contribution in [1.29, 1.82) is 0 Å². The molecule has 0 spiro atoms. The summed E-state index contributed by atoms with van der Waals surface area (Å²) in [4.78, 5) is 11.6. The molecule has 0 aliphatic carbocycles. The maximum Gasteiger partial charge on any atom is 0.277 e. The second-order valence-electron chi connectivity index (χ2n) is 3.12. The van der Waals surface area contributed by atoms with Gasteiger partial charge in [-0.2, -0.15) is 20.5 Å². The standard InChI is InChI=1S/C8H10N6O/c1-4-7(5(2)12-11-4)10-8(15)6-3-9-14-13-6/h3H,1-2H3,(H,10,15)(H,11,12)(H,9,13,14). The summed E-state index contributed by atoms with van der Waals surface area (Å²) in [6.45, 7) is 3.64. The van der Waals surface area contributed by atoms with Crippen LogP contribution >= 0.6 is 0 Å². The third-order valence-corrected chi connectivity index (χ3v) is 2.01. The number of carbonyl (C=O) groups excluding carboxylic acids is 1. The Balaban J connectivity index is 2.20. The molecule has 7 nitrogen and oxygen atoms in total. The van der Waals surface area contributed by atoms with Gasteiger partial charge in [0, 0.05) is 0 Å². The van der Waals surface area contributed by atoms with Gasteiger partial charge in [-0.05, 0) is 13.8 Å². The Hall–Kier alpha value is -2.18. The number of aromatic nitrogens is 5. The van der Waals surface area contributed by atoms with E-state index in [1.165, 1.54) is 6.20 Å². The van der Waals surface area contributed by atoms with Gasteiger partial charge >= 0.3 is 0 Å². The Kier molecular flexibility index (Phi) is 2.20. The highest BCUT2D eigenvalue weighted by molar-refractivity contribution is 6.03. The summed E-state index contributed by atoms with van der Waals surface area (Å²) in [5, 5.41) is 19.1. The van der Waals surface area contributed by atoms with E-state index in [4.69, 9.17) is 0 Å². The molecule has 3 N–H and O–H groups in total. The lowest BCUT2D eigenvalue weighted by Gasteiger charge is -2.01. The molecule has 1 amide bonds. The van der Waals surface area contributed by atoms with Gasteiger partial charge in [0.1, 0.15) is 0 Å². The summed E-state index contributed by atoms with van der Waals surface area (Å²) in [6, 6.07) is 0. The molecule has 2 aromatic rings. The summed E-state index contributed by atoms with van der Waals surface area (Å²) >= 11 is 0. The zero-order valence-corrected chi connectivity index (χ0v) is 8.33. The van der Waals surface area contributed by atoms with Crippen molar-refractivity contribution in [3.8, 4) is 0 Å². The van der Waals surface area contributed by atoms with Crippen LogP contribution in [0.2, 0.25) is 0 Å². The quantitative estimate of drug-likeness (QED) is 0.662. The molecule has 0 fully saturated rings. The molecule has 15 heavy (non-hydrogen) atoms. The first-order valence-electron chi connectivity index (χ1n) is 4.37. The van der Waals surface area contributed by atoms with E-state index < -0.39 is 0 Å². The number of amides is 1. The fourth-order valence-corrected chi connectivity index (χ4v) is 1.22. The molecule has 0 aliphatic heterocycles. The number of carbonyl (C=O) groups is 1. The molecule has 2 rings (SSSR count). The van der Waals surface area contributed by atoms with Gasteiger partial charge in [-0.25, -0.2) is 0 Å². The van der Waals surface area contributed by atoms with E-state index in [2.05, 4.69) is 30.9 Å². The number of nitrogens with zero attached hydrogens (tertiary/aromatic N) is 3. The van der Waals surface area contributed by atoms with E-state index in [1.807, 2.05) is 13.8 Å². The largest absolute Gasteiger partial charge is 0.317 e. The monoisotopic (exact) mass is 206 g/mol. The normalized spacial score (nSPS) is 10.3.